The molecule has 0 aromatic rings. The number of rotatable bonds is 9. The molecule has 21 heavy (non-hydrogen) atoms. The van der Waals surface area contributed by atoms with Crippen LogP contribution in [0.4, 0.5) is 0 Å². The fraction of sp³-hybridized carbons (Fsp3) is 0.750. The van der Waals surface area contributed by atoms with Crippen molar-refractivity contribution < 1.29 is 20.9 Å². The summed E-state index contributed by atoms with van der Waals surface area (Å²) in [7, 11) is 0. The van der Waals surface area contributed by atoms with Gasteiger partial charge >= 0.3 is 130 Å². The minimum absolute atomic E-state index is 0. The van der Waals surface area contributed by atoms with Crippen LogP contribution in [0.3, 0.4) is 0 Å². The fourth-order valence-electron chi connectivity index (χ4n) is 2.74. The summed E-state index contributed by atoms with van der Waals surface area (Å²) in [6.07, 6.45) is 11.7. The predicted molar refractivity (Wildman–Crippen MR) is 101 cm³/mol. The van der Waals surface area contributed by atoms with Gasteiger partial charge in [-0.25, -0.2) is 0 Å². The Hall–Kier alpha value is 1.11. The second kappa shape index (κ2) is 13.5. The molecule has 0 fully saturated rings. The van der Waals surface area contributed by atoms with Crippen molar-refractivity contribution in [2.75, 3.05) is 6.54 Å². The van der Waals surface area contributed by atoms with Gasteiger partial charge in [-0.3, -0.25) is 0 Å². The largest absolute Gasteiger partial charge is 0.147 e. The van der Waals surface area contributed by atoms with Crippen molar-refractivity contribution in [3.05, 3.63) is 21.1 Å². The van der Waals surface area contributed by atoms with E-state index in [1.165, 1.54) is 44.2 Å². The van der Waals surface area contributed by atoms with Crippen LogP contribution in [0.25, 0.3) is 0 Å². The Morgan fingerprint density at radius 1 is 1.29 bits per heavy atom. The van der Waals surface area contributed by atoms with Gasteiger partial charge in [0.05, 0.1) is 0 Å². The summed E-state index contributed by atoms with van der Waals surface area (Å²) < 4.78 is 5.97. The molecule has 0 amide bonds. The summed E-state index contributed by atoms with van der Waals surface area (Å²) in [5, 5.41) is 0. The van der Waals surface area contributed by atoms with Crippen LogP contribution >= 0.6 is 24.8 Å². The van der Waals surface area contributed by atoms with Crippen molar-refractivity contribution in [2.24, 2.45) is 5.92 Å². The molecule has 0 aromatic heterocycles. The molecule has 0 saturated carbocycles. The molecule has 1 atom stereocenters. The molecule has 5 heteroatoms. The van der Waals surface area contributed by atoms with E-state index >= 15 is 0 Å². The van der Waals surface area contributed by atoms with Crippen molar-refractivity contribution >= 4 is 30.8 Å². The number of nitrogens with one attached hydrogen (secondary N) is 1. The SMILES string of the molecule is CCCCC(CC)C[NH][Hf]([C]1=CC(C)=CC1)[SiH](C)C.Cl.Cl. The van der Waals surface area contributed by atoms with Gasteiger partial charge in [-0.15, -0.1) is 24.8 Å². The van der Waals surface area contributed by atoms with Crippen LogP contribution in [0, 0.1) is 5.92 Å². The van der Waals surface area contributed by atoms with Crippen LogP contribution in [0.15, 0.2) is 21.1 Å². The average Bonchev–Trinajstić information content (AvgIpc) is 2.79. The first-order chi connectivity index (χ1) is 9.08. The van der Waals surface area contributed by atoms with E-state index in [1.807, 2.05) is 3.33 Å². The Balaban J connectivity index is 0. The van der Waals surface area contributed by atoms with E-state index in [1.54, 1.807) is 0 Å². The van der Waals surface area contributed by atoms with Gasteiger partial charge in [0, 0.05) is 0 Å². The summed E-state index contributed by atoms with van der Waals surface area (Å²) in [6, 6.07) is 0. The Bertz CT molecular complexity index is 332. The maximum atomic E-state index is 4.11. The topological polar surface area (TPSA) is 12.0 Å². The molecule has 0 aliphatic heterocycles. The third-order valence-electron chi connectivity index (χ3n) is 4.09. The van der Waals surface area contributed by atoms with Crippen molar-refractivity contribution in [3.8, 4) is 0 Å². The van der Waals surface area contributed by atoms with Crippen LogP contribution in [-0.4, -0.2) is 12.5 Å². The molecule has 0 heterocycles. The van der Waals surface area contributed by atoms with E-state index in [4.69, 9.17) is 0 Å². The molecule has 125 valence electrons. The molecule has 1 aliphatic carbocycles. The van der Waals surface area contributed by atoms with Crippen molar-refractivity contribution in [1.29, 1.82) is 0 Å². The van der Waals surface area contributed by atoms with Crippen LogP contribution in [0.5, 0.6) is 0 Å². The molecule has 0 saturated heterocycles. The van der Waals surface area contributed by atoms with Crippen molar-refractivity contribution in [3.63, 3.8) is 0 Å². The molecule has 0 spiro atoms. The minimum Gasteiger partial charge on any atom is -0.147 e. The number of allylic oxidation sites excluding steroid dienone is 4. The summed E-state index contributed by atoms with van der Waals surface area (Å²) in [5.41, 5.74) is 1.51. The number of hydrogen-bond donors (Lipinski definition) is 1. The standard InChI is InChI=1S/C8H18N.C6H7.C2H7Si.2ClH.Hf/c1-3-5-6-8(4-2)7-9;1-6-4-2-3-5-6;1-3-2;;;/h8-9H,3-7H2,1-2H3;4-5H,2H2,1H3;3H,1-2H3;2*1H;/q-1;;;;;+1. The first-order valence-electron chi connectivity index (χ1n) is 8.06. The Kier molecular flexibility index (Phi) is 15.7. The van der Waals surface area contributed by atoms with E-state index in [0.29, 0.717) is 0 Å². The minimum atomic E-state index is -1.61. The molecule has 0 aromatic carbocycles. The fourth-order valence-corrected chi connectivity index (χ4v) is 24.1. The van der Waals surface area contributed by atoms with Gasteiger partial charge < -0.3 is 0 Å². The molecular weight excluding hydrogens is 484 g/mol. The zero-order chi connectivity index (χ0) is 14.3. The summed E-state index contributed by atoms with van der Waals surface area (Å²) >= 11 is -1.61. The van der Waals surface area contributed by atoms with Gasteiger partial charge in [-0.2, -0.15) is 0 Å². The molecule has 1 unspecified atom stereocenters. The molecule has 1 N–H and O–H groups in total. The number of unbranched alkanes of at least 4 members (excludes halogenated alkanes) is 1. The monoisotopic (exact) mass is 518 g/mol. The van der Waals surface area contributed by atoms with Crippen LogP contribution in [0.2, 0.25) is 13.1 Å². The normalized spacial score (nSPS) is 15.0. The Labute approximate surface area is 153 Å². The van der Waals surface area contributed by atoms with E-state index < -0.39 is 26.9 Å². The van der Waals surface area contributed by atoms with Crippen LogP contribution in [-0.2, 0) is 20.9 Å². The smallest absolute Gasteiger partial charge is 0.147 e. The second-order valence-corrected chi connectivity index (χ2v) is 32.2. The van der Waals surface area contributed by atoms with E-state index in [2.05, 4.69) is 49.3 Å². The second-order valence-electron chi connectivity index (χ2n) is 6.19. The maximum Gasteiger partial charge on any atom is -0.147 e. The Morgan fingerprint density at radius 3 is 2.38 bits per heavy atom. The number of halogens is 2. The van der Waals surface area contributed by atoms with Crippen LogP contribution in [0.1, 0.15) is 52.9 Å². The third-order valence-corrected chi connectivity index (χ3v) is 28.2. The third kappa shape index (κ3) is 9.10. The van der Waals surface area contributed by atoms with E-state index in [9.17, 15) is 0 Å². The molecule has 1 rings (SSSR count). The van der Waals surface area contributed by atoms with Gasteiger partial charge in [-0.05, 0) is 0 Å². The van der Waals surface area contributed by atoms with Gasteiger partial charge in [-0.1, -0.05) is 0 Å². The Morgan fingerprint density at radius 2 is 1.95 bits per heavy atom. The molecule has 1 aliphatic rings. The summed E-state index contributed by atoms with van der Waals surface area (Å²) in [4.78, 5) is 0. The number of hydrogen-bond acceptors (Lipinski definition) is 1. The van der Waals surface area contributed by atoms with Crippen LogP contribution < -0.4 is 3.30 Å². The first kappa shape index (κ1) is 24.4. The van der Waals surface area contributed by atoms with Gasteiger partial charge in [0.2, 0.25) is 0 Å². The van der Waals surface area contributed by atoms with E-state index in [-0.39, 0.29) is 24.8 Å². The molecular formula is C16H34Cl2HfNSi. The van der Waals surface area contributed by atoms with Gasteiger partial charge in [0.1, 0.15) is 0 Å². The first-order valence-corrected chi connectivity index (χ1v) is 20.8. The summed E-state index contributed by atoms with van der Waals surface area (Å²) in [6.45, 7) is 13.4. The summed E-state index contributed by atoms with van der Waals surface area (Å²) in [5.74, 6) is 0.457. The average molecular weight is 518 g/mol. The zero-order valence-electron chi connectivity index (χ0n) is 14.4. The van der Waals surface area contributed by atoms with Crippen molar-refractivity contribution in [1.82, 2.24) is 3.30 Å². The molecule has 1 nitrogen and oxygen atoms in total. The van der Waals surface area contributed by atoms with Gasteiger partial charge in [0.25, 0.3) is 0 Å². The van der Waals surface area contributed by atoms with Crippen molar-refractivity contribution in [2.45, 2.75) is 66.0 Å². The molecule has 0 bridgehead atoms. The molecule has 0 radical (unpaired) electrons. The quantitative estimate of drug-likeness (QED) is 0.405. The van der Waals surface area contributed by atoms with Gasteiger partial charge in [0.15, 0.2) is 0 Å². The van der Waals surface area contributed by atoms with E-state index in [0.717, 1.165) is 5.92 Å². The maximum absolute atomic E-state index is 4.11. The zero-order valence-corrected chi connectivity index (χ0v) is 20.7. The predicted octanol–water partition coefficient (Wildman–Crippen LogP) is 5.39.